The summed E-state index contributed by atoms with van der Waals surface area (Å²) in [5, 5.41) is 3.03. The Morgan fingerprint density at radius 3 is 2.09 bits per heavy atom. The van der Waals surface area contributed by atoms with Crippen LogP contribution in [-0.4, -0.2) is 58.9 Å². The first-order valence-corrected chi connectivity index (χ1v) is 11.8. The second kappa shape index (κ2) is 9.93. The summed E-state index contributed by atoms with van der Waals surface area (Å²) >= 11 is 0. The maximum absolute atomic E-state index is 13.8. The maximum Gasteiger partial charge on any atom is 0.264 e. The van der Waals surface area contributed by atoms with Gasteiger partial charge in [-0.25, -0.2) is 4.39 Å². The molecule has 1 unspecified atom stereocenters. The molecule has 4 rings (SSSR count). The number of aryl methyl sites for hydroxylation is 2. The molecule has 1 aliphatic carbocycles. The van der Waals surface area contributed by atoms with Crippen LogP contribution in [0.4, 0.5) is 4.39 Å². The van der Waals surface area contributed by atoms with E-state index in [4.69, 9.17) is 5.73 Å². The quantitative estimate of drug-likeness (QED) is 0.724. The van der Waals surface area contributed by atoms with E-state index in [0.29, 0.717) is 5.56 Å². The van der Waals surface area contributed by atoms with Gasteiger partial charge in [-0.1, -0.05) is 12.1 Å². The molecule has 1 atom stereocenters. The number of nitrogens with zero attached hydrogens (tertiary/aromatic N) is 2. The highest BCUT2D eigenvalue weighted by molar-refractivity contribution is 6.02. The predicted octanol–water partition coefficient (Wildman–Crippen LogP) is 2.75. The van der Waals surface area contributed by atoms with Gasteiger partial charge < -0.3 is 20.9 Å². The SMILES string of the molecule is Cc1ccc(C(=O)N2CCN(C(=O)c3cccc(F)c3)C2C(=O)NC2CCC(N)CC2)cc1C. The van der Waals surface area contributed by atoms with Crippen LogP contribution in [0.15, 0.2) is 42.5 Å². The average Bonchev–Trinajstić information content (AvgIpc) is 3.26. The zero-order chi connectivity index (χ0) is 24.4. The molecular formula is C26H31FN4O3. The molecule has 0 radical (unpaired) electrons. The first-order valence-electron chi connectivity index (χ1n) is 11.8. The van der Waals surface area contributed by atoms with Gasteiger partial charge in [-0.15, -0.1) is 0 Å². The van der Waals surface area contributed by atoms with Gasteiger partial charge in [-0.3, -0.25) is 14.4 Å². The van der Waals surface area contributed by atoms with E-state index in [2.05, 4.69) is 5.32 Å². The predicted molar refractivity (Wildman–Crippen MR) is 127 cm³/mol. The van der Waals surface area contributed by atoms with Crippen molar-refractivity contribution in [2.75, 3.05) is 13.1 Å². The van der Waals surface area contributed by atoms with E-state index in [0.717, 1.165) is 42.9 Å². The minimum absolute atomic E-state index is 0.0578. The van der Waals surface area contributed by atoms with E-state index in [1.807, 2.05) is 19.9 Å². The topological polar surface area (TPSA) is 95.7 Å². The number of halogens is 1. The number of nitrogens with one attached hydrogen (secondary N) is 1. The molecular weight excluding hydrogens is 435 g/mol. The van der Waals surface area contributed by atoms with E-state index in [-0.39, 0.29) is 36.6 Å². The Hall–Kier alpha value is -3.26. The van der Waals surface area contributed by atoms with Crippen molar-refractivity contribution < 1.29 is 18.8 Å². The van der Waals surface area contributed by atoms with Gasteiger partial charge in [-0.2, -0.15) is 0 Å². The van der Waals surface area contributed by atoms with Crippen LogP contribution < -0.4 is 11.1 Å². The van der Waals surface area contributed by atoms with Gasteiger partial charge in [0.2, 0.25) is 0 Å². The molecule has 7 nitrogen and oxygen atoms in total. The van der Waals surface area contributed by atoms with Crippen molar-refractivity contribution in [3.63, 3.8) is 0 Å². The summed E-state index contributed by atoms with van der Waals surface area (Å²) < 4.78 is 13.8. The molecule has 2 fully saturated rings. The standard InChI is InChI=1S/C26H31FN4O3/c1-16-6-7-19(14-17(16)2)26(34)31-13-12-30(25(33)18-4-3-5-20(27)15-18)24(31)23(32)29-22-10-8-21(28)9-11-22/h3-7,14-15,21-22,24H,8-13,28H2,1-2H3,(H,29,32). The lowest BCUT2D eigenvalue weighted by Crippen LogP contribution is -2.56. The summed E-state index contributed by atoms with van der Waals surface area (Å²) in [7, 11) is 0. The minimum atomic E-state index is -1.11. The van der Waals surface area contributed by atoms with Gasteiger partial charge >= 0.3 is 0 Å². The molecule has 3 N–H and O–H groups in total. The number of amides is 3. The lowest BCUT2D eigenvalue weighted by Gasteiger charge is -2.33. The summed E-state index contributed by atoms with van der Waals surface area (Å²) in [5.41, 5.74) is 8.62. The summed E-state index contributed by atoms with van der Waals surface area (Å²) in [4.78, 5) is 43.0. The van der Waals surface area contributed by atoms with Crippen LogP contribution >= 0.6 is 0 Å². The van der Waals surface area contributed by atoms with E-state index in [9.17, 15) is 18.8 Å². The maximum atomic E-state index is 13.8. The number of rotatable bonds is 4. The number of carbonyl (C=O) groups is 3. The van der Waals surface area contributed by atoms with Gasteiger partial charge in [0.15, 0.2) is 6.17 Å². The van der Waals surface area contributed by atoms with Crippen molar-refractivity contribution in [2.45, 2.75) is 57.8 Å². The van der Waals surface area contributed by atoms with Crippen LogP contribution in [0.2, 0.25) is 0 Å². The van der Waals surface area contributed by atoms with Crippen molar-refractivity contribution in [3.05, 3.63) is 70.5 Å². The highest BCUT2D eigenvalue weighted by Gasteiger charge is 2.43. The number of hydrogen-bond acceptors (Lipinski definition) is 4. The van der Waals surface area contributed by atoms with Crippen LogP contribution in [0.25, 0.3) is 0 Å². The summed E-state index contributed by atoms with van der Waals surface area (Å²) in [6, 6.07) is 10.8. The van der Waals surface area contributed by atoms with Gasteiger partial charge in [0.1, 0.15) is 5.82 Å². The molecule has 1 saturated heterocycles. The fourth-order valence-corrected chi connectivity index (χ4v) is 4.70. The Morgan fingerprint density at radius 1 is 0.882 bits per heavy atom. The van der Waals surface area contributed by atoms with E-state index >= 15 is 0 Å². The first kappa shape index (κ1) is 23.9. The molecule has 2 aromatic carbocycles. The molecule has 0 aromatic heterocycles. The zero-order valence-corrected chi connectivity index (χ0v) is 19.6. The fourth-order valence-electron chi connectivity index (χ4n) is 4.70. The van der Waals surface area contributed by atoms with Gasteiger partial charge in [0.25, 0.3) is 17.7 Å². The first-order chi connectivity index (χ1) is 16.2. The molecule has 3 amide bonds. The van der Waals surface area contributed by atoms with Gasteiger partial charge in [0.05, 0.1) is 0 Å². The molecule has 0 bridgehead atoms. The van der Waals surface area contributed by atoms with Crippen LogP contribution in [0, 0.1) is 19.7 Å². The third-order valence-electron chi connectivity index (χ3n) is 6.87. The van der Waals surface area contributed by atoms with E-state index < -0.39 is 23.8 Å². The van der Waals surface area contributed by atoms with E-state index in [1.54, 1.807) is 12.1 Å². The molecule has 1 aliphatic heterocycles. The Kier molecular flexibility index (Phi) is 6.97. The molecule has 0 spiro atoms. The third-order valence-corrected chi connectivity index (χ3v) is 6.87. The van der Waals surface area contributed by atoms with Crippen LogP contribution in [0.3, 0.4) is 0 Å². The Balaban J connectivity index is 1.62. The third kappa shape index (κ3) is 4.97. The van der Waals surface area contributed by atoms with Crippen molar-refractivity contribution in [1.82, 2.24) is 15.1 Å². The van der Waals surface area contributed by atoms with Crippen LogP contribution in [0.5, 0.6) is 0 Å². The van der Waals surface area contributed by atoms with E-state index in [1.165, 1.54) is 28.0 Å². The van der Waals surface area contributed by atoms with Crippen molar-refractivity contribution in [2.24, 2.45) is 5.73 Å². The normalized spacial score (nSPS) is 22.5. The lowest BCUT2D eigenvalue weighted by atomic mass is 9.92. The summed E-state index contributed by atoms with van der Waals surface area (Å²) in [6.45, 7) is 4.28. The Bertz CT molecular complexity index is 1100. The number of nitrogens with two attached hydrogens (primary N) is 1. The number of carbonyl (C=O) groups excluding carboxylic acids is 3. The van der Waals surface area contributed by atoms with Crippen molar-refractivity contribution in [1.29, 1.82) is 0 Å². The number of benzene rings is 2. The second-order valence-electron chi connectivity index (χ2n) is 9.30. The summed E-state index contributed by atoms with van der Waals surface area (Å²) in [5.74, 6) is -1.74. The highest BCUT2D eigenvalue weighted by atomic mass is 19.1. The lowest BCUT2D eigenvalue weighted by molar-refractivity contribution is -0.129. The summed E-state index contributed by atoms with van der Waals surface area (Å²) in [6.07, 6.45) is 2.02. The highest BCUT2D eigenvalue weighted by Crippen LogP contribution is 2.24. The largest absolute Gasteiger partial charge is 0.350 e. The zero-order valence-electron chi connectivity index (χ0n) is 19.6. The smallest absolute Gasteiger partial charge is 0.264 e. The molecule has 180 valence electrons. The molecule has 2 aliphatic rings. The number of hydrogen-bond donors (Lipinski definition) is 2. The van der Waals surface area contributed by atoms with Crippen LogP contribution in [-0.2, 0) is 4.79 Å². The molecule has 1 heterocycles. The Morgan fingerprint density at radius 2 is 1.50 bits per heavy atom. The van der Waals surface area contributed by atoms with Gasteiger partial charge in [0, 0.05) is 36.3 Å². The van der Waals surface area contributed by atoms with Crippen LogP contribution in [0.1, 0.15) is 57.5 Å². The minimum Gasteiger partial charge on any atom is -0.350 e. The molecule has 8 heteroatoms. The monoisotopic (exact) mass is 466 g/mol. The fraction of sp³-hybridized carbons (Fsp3) is 0.423. The molecule has 34 heavy (non-hydrogen) atoms. The average molecular weight is 467 g/mol. The molecule has 1 saturated carbocycles. The van der Waals surface area contributed by atoms with Crippen molar-refractivity contribution in [3.8, 4) is 0 Å². The Labute approximate surface area is 199 Å². The van der Waals surface area contributed by atoms with Gasteiger partial charge in [-0.05, 0) is 81.0 Å². The molecule has 2 aromatic rings. The van der Waals surface area contributed by atoms with Crippen molar-refractivity contribution >= 4 is 17.7 Å². The second-order valence-corrected chi connectivity index (χ2v) is 9.30.